The Labute approximate surface area is 209 Å². The molecule has 35 heavy (non-hydrogen) atoms. The van der Waals surface area contributed by atoms with E-state index in [0.29, 0.717) is 16.4 Å². The molecule has 5 rings (SSSR count). The molecule has 2 atom stereocenters. The van der Waals surface area contributed by atoms with Crippen molar-refractivity contribution in [3.05, 3.63) is 99.9 Å². The molecule has 2 amide bonds. The van der Waals surface area contributed by atoms with Crippen molar-refractivity contribution >= 4 is 46.0 Å². The van der Waals surface area contributed by atoms with E-state index in [0.717, 1.165) is 22.1 Å². The van der Waals surface area contributed by atoms with Gasteiger partial charge in [-0.3, -0.25) is 15.0 Å². The lowest BCUT2D eigenvalue weighted by Gasteiger charge is -2.43. The third kappa shape index (κ3) is 4.60. The van der Waals surface area contributed by atoms with Crippen LogP contribution in [0.2, 0.25) is 5.02 Å². The van der Waals surface area contributed by atoms with E-state index in [2.05, 4.69) is 5.43 Å². The largest absolute Gasteiger partial charge is 0.484 e. The minimum absolute atomic E-state index is 0.333. The monoisotopic (exact) mass is 508 g/mol. The fraction of sp³-hybridized carbons (Fsp3) is 0.115. The number of nitrogens with zero attached hydrogens (tertiary/aromatic N) is 1. The van der Waals surface area contributed by atoms with Gasteiger partial charge in [0.15, 0.2) is 6.61 Å². The molecule has 0 bridgehead atoms. The predicted octanol–water partition coefficient (Wildman–Crippen LogP) is 4.71. The van der Waals surface area contributed by atoms with Gasteiger partial charge >= 0.3 is 5.63 Å². The van der Waals surface area contributed by atoms with Crippen molar-refractivity contribution in [2.45, 2.75) is 11.4 Å². The van der Waals surface area contributed by atoms with Gasteiger partial charge in [0.2, 0.25) is 0 Å². The van der Waals surface area contributed by atoms with E-state index < -0.39 is 28.9 Å². The third-order valence-corrected chi connectivity index (χ3v) is 6.33. The first kappa shape index (κ1) is 23.0. The molecule has 1 aliphatic heterocycles. The number of ether oxygens (including phenoxy) is 1. The number of hydrogen-bond acceptors (Lipinski definition) is 5. The molecule has 0 saturated carbocycles. The number of hydrogen-bond donors (Lipinski definition) is 1. The van der Waals surface area contributed by atoms with Crippen molar-refractivity contribution in [1.82, 2.24) is 10.4 Å². The normalized spacial score (nSPS) is 17.2. The number of β-lactam (4-membered cyclic amide) rings is 1. The number of carbonyl (C=O) groups excluding carboxylic acids is 2. The summed E-state index contributed by atoms with van der Waals surface area (Å²) < 4.78 is 10.9. The molecule has 1 aromatic heterocycles. The molecule has 3 aromatic carbocycles. The highest BCUT2D eigenvalue weighted by Gasteiger charge is 2.48. The fourth-order valence-electron chi connectivity index (χ4n) is 3.96. The van der Waals surface area contributed by atoms with Gasteiger partial charge in [-0.05, 0) is 41.0 Å². The van der Waals surface area contributed by atoms with E-state index in [1.807, 2.05) is 30.3 Å². The van der Waals surface area contributed by atoms with Crippen LogP contribution < -0.4 is 15.8 Å². The van der Waals surface area contributed by atoms with Gasteiger partial charge in [0.25, 0.3) is 11.8 Å². The van der Waals surface area contributed by atoms with Crippen LogP contribution >= 0.6 is 23.2 Å². The Morgan fingerprint density at radius 3 is 2.49 bits per heavy atom. The van der Waals surface area contributed by atoms with Crippen LogP contribution in [0.5, 0.6) is 5.75 Å². The Bertz CT molecular complexity index is 1470. The van der Waals surface area contributed by atoms with Gasteiger partial charge < -0.3 is 9.15 Å². The molecule has 7 nitrogen and oxygen atoms in total. The molecule has 1 N–H and O–H groups in total. The average molecular weight is 509 g/mol. The van der Waals surface area contributed by atoms with Crippen LogP contribution in [-0.2, 0) is 9.59 Å². The number of benzene rings is 3. The van der Waals surface area contributed by atoms with Gasteiger partial charge in [0, 0.05) is 22.5 Å². The van der Waals surface area contributed by atoms with Gasteiger partial charge in [0.05, 0.1) is 0 Å². The predicted molar refractivity (Wildman–Crippen MR) is 132 cm³/mol. The molecule has 0 radical (unpaired) electrons. The van der Waals surface area contributed by atoms with Gasteiger partial charge in [-0.15, -0.1) is 11.6 Å². The molecule has 176 valence electrons. The Kier molecular flexibility index (Phi) is 6.19. The molecule has 2 heterocycles. The zero-order valence-electron chi connectivity index (χ0n) is 18.1. The van der Waals surface area contributed by atoms with Gasteiger partial charge in [-0.25, -0.2) is 9.80 Å². The number of amides is 2. The SMILES string of the molecule is O=C(COc1ccc2c(-c3ccccc3)cc(=O)oc2c1)NN1C(=O)C(Cl)C1c1ccc(Cl)cc1. The standard InChI is InChI=1S/C26H18Cl2N2O5/c27-17-8-6-16(7-9-17)25-24(28)26(33)30(25)29-22(31)14-34-18-10-11-19-20(15-4-2-1-3-5-15)13-23(32)35-21(19)12-18/h1-13,24-25H,14H2,(H,29,31). The van der Waals surface area contributed by atoms with Crippen molar-refractivity contribution < 1.29 is 18.7 Å². The summed E-state index contributed by atoms with van der Waals surface area (Å²) in [5, 5.41) is 1.67. The number of fused-ring (bicyclic) bond motifs is 1. The summed E-state index contributed by atoms with van der Waals surface area (Å²) in [6, 6.07) is 22.3. The smallest absolute Gasteiger partial charge is 0.336 e. The summed E-state index contributed by atoms with van der Waals surface area (Å²) in [5.41, 5.74) is 4.74. The van der Waals surface area contributed by atoms with E-state index in [9.17, 15) is 14.4 Å². The minimum atomic E-state index is -0.792. The van der Waals surface area contributed by atoms with Crippen LogP contribution in [-0.4, -0.2) is 28.8 Å². The van der Waals surface area contributed by atoms with Crippen molar-refractivity contribution in [1.29, 1.82) is 0 Å². The highest BCUT2D eigenvalue weighted by atomic mass is 35.5. The minimum Gasteiger partial charge on any atom is -0.484 e. The lowest BCUT2D eigenvalue weighted by atomic mass is 9.95. The second kappa shape index (κ2) is 9.44. The molecular formula is C26H18Cl2N2O5. The fourth-order valence-corrected chi connectivity index (χ4v) is 4.45. The summed E-state index contributed by atoms with van der Waals surface area (Å²) in [6.45, 7) is -0.363. The Balaban J connectivity index is 1.28. The van der Waals surface area contributed by atoms with Crippen LogP contribution in [0.15, 0.2) is 88.1 Å². The lowest BCUT2D eigenvalue weighted by Crippen LogP contribution is -2.63. The highest BCUT2D eigenvalue weighted by Crippen LogP contribution is 2.37. The molecular weight excluding hydrogens is 491 g/mol. The molecule has 1 aliphatic rings. The second-order valence-electron chi connectivity index (χ2n) is 7.93. The number of rotatable bonds is 6. The zero-order valence-corrected chi connectivity index (χ0v) is 19.6. The van der Waals surface area contributed by atoms with Crippen LogP contribution in [0.25, 0.3) is 22.1 Å². The van der Waals surface area contributed by atoms with Crippen molar-refractivity contribution in [2.24, 2.45) is 0 Å². The maximum atomic E-state index is 12.5. The molecule has 4 aromatic rings. The van der Waals surface area contributed by atoms with E-state index >= 15 is 0 Å². The van der Waals surface area contributed by atoms with Crippen molar-refractivity contribution in [2.75, 3.05) is 6.61 Å². The quantitative estimate of drug-likeness (QED) is 0.231. The number of hydrazine groups is 1. The van der Waals surface area contributed by atoms with Gasteiger partial charge in [-0.1, -0.05) is 54.1 Å². The summed E-state index contributed by atoms with van der Waals surface area (Å²) in [6.07, 6.45) is 0. The van der Waals surface area contributed by atoms with Crippen LogP contribution in [0.3, 0.4) is 0 Å². The van der Waals surface area contributed by atoms with Crippen LogP contribution in [0, 0.1) is 0 Å². The topological polar surface area (TPSA) is 88.8 Å². The maximum absolute atomic E-state index is 12.5. The summed E-state index contributed by atoms with van der Waals surface area (Å²) in [7, 11) is 0. The molecule has 1 saturated heterocycles. The first-order valence-corrected chi connectivity index (χ1v) is 11.5. The van der Waals surface area contributed by atoms with Crippen LogP contribution in [0.4, 0.5) is 0 Å². The zero-order chi connectivity index (χ0) is 24.5. The molecule has 9 heteroatoms. The summed E-state index contributed by atoms with van der Waals surface area (Å²) in [4.78, 5) is 36.8. The molecule has 1 fully saturated rings. The molecule has 2 unspecified atom stereocenters. The summed E-state index contributed by atoms with van der Waals surface area (Å²) >= 11 is 12.1. The Hall–Kier alpha value is -3.81. The van der Waals surface area contributed by atoms with E-state index in [1.165, 1.54) is 11.1 Å². The van der Waals surface area contributed by atoms with E-state index in [1.54, 1.807) is 42.5 Å². The first-order chi connectivity index (χ1) is 16.9. The average Bonchev–Trinajstić information content (AvgIpc) is 2.87. The first-order valence-electron chi connectivity index (χ1n) is 10.7. The maximum Gasteiger partial charge on any atom is 0.336 e. The number of halogens is 2. The second-order valence-corrected chi connectivity index (χ2v) is 8.84. The van der Waals surface area contributed by atoms with Gasteiger partial charge in [0.1, 0.15) is 22.8 Å². The molecule has 0 aliphatic carbocycles. The number of alkyl halides is 1. The lowest BCUT2D eigenvalue weighted by molar-refractivity contribution is -0.157. The third-order valence-electron chi connectivity index (χ3n) is 5.66. The van der Waals surface area contributed by atoms with E-state index in [-0.39, 0.29) is 6.61 Å². The van der Waals surface area contributed by atoms with Crippen molar-refractivity contribution in [3.63, 3.8) is 0 Å². The van der Waals surface area contributed by atoms with Crippen LogP contribution in [0.1, 0.15) is 11.6 Å². The summed E-state index contributed by atoms with van der Waals surface area (Å²) in [5.74, 6) is -0.623. The van der Waals surface area contributed by atoms with Gasteiger partial charge in [-0.2, -0.15) is 0 Å². The Morgan fingerprint density at radius 1 is 1.00 bits per heavy atom. The Morgan fingerprint density at radius 2 is 1.74 bits per heavy atom. The number of nitrogens with one attached hydrogen (secondary N) is 1. The van der Waals surface area contributed by atoms with Crippen molar-refractivity contribution in [3.8, 4) is 16.9 Å². The number of carbonyl (C=O) groups is 2. The van der Waals surface area contributed by atoms with E-state index in [4.69, 9.17) is 32.4 Å². The highest BCUT2D eigenvalue weighted by molar-refractivity contribution is 6.33. The molecule has 0 spiro atoms.